The smallest absolute Gasteiger partial charge is 0.305 e. The van der Waals surface area contributed by atoms with Crippen LogP contribution < -0.4 is 10.1 Å². The molecule has 27 heavy (non-hydrogen) atoms. The van der Waals surface area contributed by atoms with E-state index in [1.165, 1.54) is 7.11 Å². The number of anilines is 1. The number of Topliss-reactive ketones (excluding diaryl/α,β-unsaturated/α-hetero) is 1. The Morgan fingerprint density at radius 3 is 2.85 bits per heavy atom. The van der Waals surface area contributed by atoms with E-state index in [1.54, 1.807) is 7.11 Å². The average Bonchev–Trinajstić information content (AvgIpc) is 3.19. The Bertz CT molecular complexity index is 765. The van der Waals surface area contributed by atoms with Crippen LogP contribution in [0, 0.1) is 11.8 Å². The summed E-state index contributed by atoms with van der Waals surface area (Å²) >= 11 is 0. The molecule has 4 atom stereocenters. The molecular formula is C21H28N2O4. The van der Waals surface area contributed by atoms with Crippen molar-refractivity contribution in [3.05, 3.63) is 23.8 Å². The van der Waals surface area contributed by atoms with Gasteiger partial charge in [0.2, 0.25) is 0 Å². The highest BCUT2D eigenvalue weighted by Gasteiger charge is 2.59. The van der Waals surface area contributed by atoms with Crippen LogP contribution in [0.3, 0.4) is 0 Å². The van der Waals surface area contributed by atoms with E-state index in [0.717, 1.165) is 38.0 Å². The maximum absolute atomic E-state index is 13.5. The highest BCUT2D eigenvalue weighted by Crippen LogP contribution is 2.49. The predicted octanol–water partition coefficient (Wildman–Crippen LogP) is 2.73. The second-order valence-electron chi connectivity index (χ2n) is 8.01. The van der Waals surface area contributed by atoms with Crippen LogP contribution >= 0.6 is 0 Å². The van der Waals surface area contributed by atoms with Gasteiger partial charge in [0, 0.05) is 31.2 Å². The van der Waals surface area contributed by atoms with E-state index >= 15 is 0 Å². The van der Waals surface area contributed by atoms with Gasteiger partial charge in [-0.05, 0) is 36.8 Å². The SMILES string of the molecule is CCC1CN2CCC3(Nc4cccc(OC)c4C3=O)C2CC1CC(=O)OC. The van der Waals surface area contributed by atoms with Crippen LogP contribution in [0.15, 0.2) is 18.2 Å². The molecule has 2 fully saturated rings. The number of nitrogens with zero attached hydrogens (tertiary/aromatic N) is 1. The Morgan fingerprint density at radius 1 is 1.33 bits per heavy atom. The Balaban J connectivity index is 1.65. The maximum atomic E-state index is 13.5. The largest absolute Gasteiger partial charge is 0.496 e. The van der Waals surface area contributed by atoms with Crippen LogP contribution in [0.5, 0.6) is 5.75 Å². The first-order valence-electron chi connectivity index (χ1n) is 9.85. The molecule has 1 aromatic rings. The number of piperidine rings is 1. The van der Waals surface area contributed by atoms with E-state index < -0.39 is 5.54 Å². The summed E-state index contributed by atoms with van der Waals surface area (Å²) < 4.78 is 10.4. The van der Waals surface area contributed by atoms with Gasteiger partial charge in [0.05, 0.1) is 19.8 Å². The van der Waals surface area contributed by atoms with E-state index in [4.69, 9.17) is 9.47 Å². The van der Waals surface area contributed by atoms with Crippen molar-refractivity contribution in [1.29, 1.82) is 0 Å². The fourth-order valence-electron chi connectivity index (χ4n) is 5.43. The maximum Gasteiger partial charge on any atom is 0.305 e. The molecule has 3 aliphatic rings. The monoisotopic (exact) mass is 372 g/mol. The summed E-state index contributed by atoms with van der Waals surface area (Å²) in [6.45, 7) is 4.02. The number of nitrogens with one attached hydrogen (secondary N) is 1. The van der Waals surface area contributed by atoms with Crippen LogP contribution in [-0.4, -0.2) is 55.5 Å². The molecule has 1 aromatic carbocycles. The minimum atomic E-state index is -0.607. The van der Waals surface area contributed by atoms with Crippen molar-refractivity contribution < 1.29 is 19.1 Å². The Hall–Kier alpha value is -2.08. The summed E-state index contributed by atoms with van der Waals surface area (Å²) in [5.41, 5.74) is 0.927. The standard InChI is InChI=1S/C21H28N2O4/c1-4-13-12-23-9-8-21(17(23)10-14(13)11-18(24)27-3)20(25)19-15(22-21)6-5-7-16(19)26-2/h5-7,13-14,17,22H,4,8-12H2,1-3H3. The first-order valence-corrected chi connectivity index (χ1v) is 9.85. The van der Waals surface area contributed by atoms with Gasteiger partial charge in [-0.25, -0.2) is 0 Å². The number of esters is 1. The minimum Gasteiger partial charge on any atom is -0.496 e. The average molecular weight is 372 g/mol. The lowest BCUT2D eigenvalue weighted by Crippen LogP contribution is -2.57. The van der Waals surface area contributed by atoms with Gasteiger partial charge < -0.3 is 14.8 Å². The molecule has 6 nitrogen and oxygen atoms in total. The van der Waals surface area contributed by atoms with Crippen molar-refractivity contribution >= 4 is 17.4 Å². The molecule has 146 valence electrons. The second-order valence-corrected chi connectivity index (χ2v) is 8.01. The third kappa shape index (κ3) is 2.73. The molecule has 3 aliphatic heterocycles. The van der Waals surface area contributed by atoms with Gasteiger partial charge in [0.25, 0.3) is 0 Å². The van der Waals surface area contributed by atoms with E-state index in [-0.39, 0.29) is 23.7 Å². The van der Waals surface area contributed by atoms with Crippen LogP contribution in [0.2, 0.25) is 0 Å². The quantitative estimate of drug-likeness (QED) is 0.820. The summed E-state index contributed by atoms with van der Waals surface area (Å²) in [7, 11) is 3.05. The van der Waals surface area contributed by atoms with E-state index in [2.05, 4.69) is 17.1 Å². The van der Waals surface area contributed by atoms with Gasteiger partial charge in [0.15, 0.2) is 5.78 Å². The molecule has 6 heteroatoms. The van der Waals surface area contributed by atoms with Crippen molar-refractivity contribution in [2.75, 3.05) is 32.6 Å². The number of hydrogen-bond acceptors (Lipinski definition) is 6. The highest BCUT2D eigenvalue weighted by atomic mass is 16.5. The van der Waals surface area contributed by atoms with Gasteiger partial charge in [-0.2, -0.15) is 0 Å². The predicted molar refractivity (Wildman–Crippen MR) is 102 cm³/mol. The zero-order chi connectivity index (χ0) is 19.2. The second kappa shape index (κ2) is 6.82. The number of carbonyl (C=O) groups is 2. The van der Waals surface area contributed by atoms with Crippen molar-refractivity contribution in [3.8, 4) is 5.75 Å². The number of rotatable bonds is 4. The molecule has 1 spiro atoms. The van der Waals surface area contributed by atoms with Crippen molar-refractivity contribution in [3.63, 3.8) is 0 Å². The summed E-state index contributed by atoms with van der Waals surface area (Å²) in [5, 5.41) is 3.57. The third-order valence-electron chi connectivity index (χ3n) is 6.88. The van der Waals surface area contributed by atoms with Gasteiger partial charge in [-0.1, -0.05) is 19.4 Å². The zero-order valence-electron chi connectivity index (χ0n) is 16.3. The van der Waals surface area contributed by atoms with E-state index in [9.17, 15) is 9.59 Å². The third-order valence-corrected chi connectivity index (χ3v) is 6.88. The van der Waals surface area contributed by atoms with E-state index in [0.29, 0.717) is 23.7 Å². The summed E-state index contributed by atoms with van der Waals surface area (Å²) in [6, 6.07) is 5.81. The number of methoxy groups -OCH3 is 2. The zero-order valence-corrected chi connectivity index (χ0v) is 16.3. The lowest BCUT2D eigenvalue weighted by atomic mass is 9.73. The summed E-state index contributed by atoms with van der Waals surface area (Å²) in [5.74, 6) is 1.32. The van der Waals surface area contributed by atoms with Gasteiger partial charge >= 0.3 is 5.97 Å². The lowest BCUT2D eigenvalue weighted by Gasteiger charge is -2.44. The molecule has 0 saturated carbocycles. The van der Waals surface area contributed by atoms with Crippen LogP contribution in [0.4, 0.5) is 5.69 Å². The Labute approximate surface area is 160 Å². The number of benzene rings is 1. The molecule has 3 heterocycles. The first kappa shape index (κ1) is 18.3. The molecule has 4 unspecified atom stereocenters. The number of fused-ring (bicyclic) bond motifs is 3. The molecule has 0 bridgehead atoms. The van der Waals surface area contributed by atoms with Crippen LogP contribution in [0.1, 0.15) is 43.0 Å². The summed E-state index contributed by atoms with van der Waals surface area (Å²) in [6.07, 6.45) is 3.09. The molecule has 0 aliphatic carbocycles. The first-order chi connectivity index (χ1) is 13.0. The molecular weight excluding hydrogens is 344 g/mol. The molecule has 0 aromatic heterocycles. The Kier molecular flexibility index (Phi) is 4.62. The Morgan fingerprint density at radius 2 is 2.15 bits per heavy atom. The number of ketones is 1. The van der Waals surface area contributed by atoms with Gasteiger partial charge in [-0.3, -0.25) is 14.5 Å². The molecule has 2 saturated heterocycles. The van der Waals surface area contributed by atoms with Crippen LogP contribution in [0.25, 0.3) is 0 Å². The van der Waals surface area contributed by atoms with Gasteiger partial charge in [0.1, 0.15) is 11.3 Å². The van der Waals surface area contributed by atoms with E-state index in [1.807, 2.05) is 18.2 Å². The summed E-state index contributed by atoms with van der Waals surface area (Å²) in [4.78, 5) is 27.9. The van der Waals surface area contributed by atoms with Crippen molar-refractivity contribution in [2.24, 2.45) is 11.8 Å². The normalized spacial score (nSPS) is 32.1. The lowest BCUT2D eigenvalue weighted by molar-refractivity contribution is -0.143. The number of carbonyl (C=O) groups excluding carboxylic acids is 2. The van der Waals surface area contributed by atoms with Gasteiger partial charge in [-0.15, -0.1) is 0 Å². The van der Waals surface area contributed by atoms with Crippen LogP contribution in [-0.2, 0) is 9.53 Å². The number of hydrogen-bond donors (Lipinski definition) is 1. The minimum absolute atomic E-state index is 0.0968. The topological polar surface area (TPSA) is 67.9 Å². The molecule has 1 N–H and O–H groups in total. The number of ether oxygens (including phenoxy) is 2. The van der Waals surface area contributed by atoms with Crippen molar-refractivity contribution in [1.82, 2.24) is 4.90 Å². The molecule has 0 radical (unpaired) electrons. The fourth-order valence-corrected chi connectivity index (χ4v) is 5.43. The fraction of sp³-hybridized carbons (Fsp3) is 0.619. The molecule has 4 rings (SSSR count). The molecule has 0 amide bonds. The highest BCUT2D eigenvalue weighted by molar-refractivity contribution is 6.16. The van der Waals surface area contributed by atoms with Crippen molar-refractivity contribution in [2.45, 2.75) is 44.2 Å².